The van der Waals surface area contributed by atoms with Crippen LogP contribution in [0.2, 0.25) is 0 Å². The Kier molecular flexibility index (Phi) is 4.34. The van der Waals surface area contributed by atoms with Gasteiger partial charge in [0.05, 0.1) is 30.6 Å². The molecule has 1 amide bonds. The Morgan fingerprint density at radius 2 is 2.11 bits per heavy atom. The molecule has 2 aromatic heterocycles. The van der Waals surface area contributed by atoms with Gasteiger partial charge in [0, 0.05) is 54.5 Å². The minimum absolute atomic E-state index is 0.0245. The van der Waals surface area contributed by atoms with E-state index < -0.39 is 5.60 Å². The summed E-state index contributed by atoms with van der Waals surface area (Å²) in [7, 11) is 0. The van der Waals surface area contributed by atoms with Crippen LogP contribution < -0.4 is 9.64 Å². The highest BCUT2D eigenvalue weighted by Gasteiger charge is 2.51. The molecule has 0 atom stereocenters. The third-order valence-corrected chi connectivity index (χ3v) is 8.21. The monoisotopic (exact) mass is 482 g/mol. The van der Waals surface area contributed by atoms with E-state index in [2.05, 4.69) is 34.7 Å². The lowest BCUT2D eigenvalue weighted by Crippen LogP contribution is -2.59. The number of rotatable bonds is 3. The predicted octanol–water partition coefficient (Wildman–Crippen LogP) is 2.73. The van der Waals surface area contributed by atoms with Gasteiger partial charge in [-0.2, -0.15) is 10.4 Å². The number of aromatic nitrogens is 3. The van der Waals surface area contributed by atoms with Crippen LogP contribution in [0.5, 0.6) is 5.75 Å². The summed E-state index contributed by atoms with van der Waals surface area (Å²) < 4.78 is 12.1. The fraction of sp³-hybridized carbons (Fsp3) is 0.407. The smallest absolute Gasteiger partial charge is 0.245 e. The molecule has 3 saturated heterocycles. The molecule has 4 aliphatic heterocycles. The lowest BCUT2D eigenvalue weighted by Gasteiger charge is -2.47. The van der Waals surface area contributed by atoms with Crippen molar-refractivity contribution in [1.82, 2.24) is 20.1 Å². The molecule has 0 radical (unpaired) electrons. The van der Waals surface area contributed by atoms with Crippen molar-refractivity contribution in [2.75, 3.05) is 44.3 Å². The summed E-state index contributed by atoms with van der Waals surface area (Å²) in [6.45, 7) is 9.69. The van der Waals surface area contributed by atoms with E-state index >= 15 is 0 Å². The summed E-state index contributed by atoms with van der Waals surface area (Å²) in [6, 6.07) is 6.55. The van der Waals surface area contributed by atoms with Crippen LogP contribution in [0.3, 0.4) is 0 Å². The number of hydrogen-bond acceptors (Lipinski definition) is 7. The average molecular weight is 483 g/mol. The van der Waals surface area contributed by atoms with E-state index in [1.807, 2.05) is 23.2 Å². The average Bonchev–Trinajstić information content (AvgIpc) is 3.57. The largest absolute Gasteiger partial charge is 0.479 e. The van der Waals surface area contributed by atoms with Crippen molar-refractivity contribution in [1.29, 1.82) is 5.26 Å². The Hall–Kier alpha value is -3.90. The van der Waals surface area contributed by atoms with Crippen LogP contribution in [-0.2, 0) is 16.0 Å². The number of likely N-dealkylation sites (tertiary alicyclic amines) is 1. The van der Waals surface area contributed by atoms with Gasteiger partial charge in [-0.3, -0.25) is 9.89 Å². The third kappa shape index (κ3) is 2.88. The second-order valence-electron chi connectivity index (χ2n) is 10.7. The number of nitrogens with zero attached hydrogens (tertiary/aromatic N) is 5. The molecule has 3 aromatic rings. The molecule has 0 bridgehead atoms. The zero-order valence-corrected chi connectivity index (χ0v) is 20.1. The number of ether oxygens (including phenoxy) is 2. The molecule has 6 heterocycles. The summed E-state index contributed by atoms with van der Waals surface area (Å²) in [5, 5.41) is 18.8. The van der Waals surface area contributed by atoms with Crippen molar-refractivity contribution in [3.63, 3.8) is 0 Å². The van der Waals surface area contributed by atoms with Gasteiger partial charge in [0.2, 0.25) is 5.91 Å². The molecule has 0 saturated carbocycles. The highest BCUT2D eigenvalue weighted by atomic mass is 16.6. The van der Waals surface area contributed by atoms with Gasteiger partial charge in [-0.05, 0) is 31.1 Å². The van der Waals surface area contributed by atoms with E-state index in [0.717, 1.165) is 52.8 Å². The van der Waals surface area contributed by atoms with Gasteiger partial charge in [0.1, 0.15) is 17.5 Å². The second kappa shape index (κ2) is 7.31. The first-order valence-electron chi connectivity index (χ1n) is 12.3. The molecule has 1 N–H and O–H groups in total. The number of amides is 1. The standard InChI is InChI=1S/C27H26N6O3/c1-3-21(34)33-12-26(13-33)6-7-32(11-26)25-17(9-28)23(22-16(2)4-5-19-18(22)10-29-31-19)24-20(30-25)8-27(36-24)14-35-15-27/h3-5,10H,1,6-8,11-15H2,2H3,(H,29,31). The van der Waals surface area contributed by atoms with Crippen LogP contribution in [0.1, 0.15) is 23.2 Å². The zero-order chi connectivity index (χ0) is 24.7. The van der Waals surface area contributed by atoms with Crippen molar-refractivity contribution in [3.05, 3.63) is 47.8 Å². The minimum atomic E-state index is -0.403. The number of nitriles is 1. The number of fused-ring (bicyclic) bond motifs is 2. The summed E-state index contributed by atoms with van der Waals surface area (Å²) in [4.78, 5) is 21.2. The van der Waals surface area contributed by atoms with Crippen molar-refractivity contribution in [3.8, 4) is 22.9 Å². The molecule has 2 spiro atoms. The van der Waals surface area contributed by atoms with Gasteiger partial charge < -0.3 is 19.3 Å². The minimum Gasteiger partial charge on any atom is -0.479 e. The Labute approximate surface area is 208 Å². The number of hydrogen-bond donors (Lipinski definition) is 1. The van der Waals surface area contributed by atoms with Crippen molar-refractivity contribution in [2.24, 2.45) is 5.41 Å². The first kappa shape index (κ1) is 21.4. The molecule has 0 aliphatic carbocycles. The maximum atomic E-state index is 12.0. The number of benzene rings is 1. The fourth-order valence-corrected chi connectivity index (χ4v) is 6.34. The predicted molar refractivity (Wildman–Crippen MR) is 133 cm³/mol. The molecule has 3 fully saturated rings. The van der Waals surface area contributed by atoms with E-state index in [1.54, 1.807) is 0 Å². The number of carbonyl (C=O) groups excluding carboxylic acids is 1. The summed E-state index contributed by atoms with van der Waals surface area (Å²) in [5.74, 6) is 1.37. The first-order valence-corrected chi connectivity index (χ1v) is 12.3. The molecule has 1 aromatic carbocycles. The van der Waals surface area contributed by atoms with Gasteiger partial charge >= 0.3 is 0 Å². The third-order valence-electron chi connectivity index (χ3n) is 8.21. The molecule has 182 valence electrons. The van der Waals surface area contributed by atoms with E-state index in [1.165, 1.54) is 6.08 Å². The molecular formula is C27H26N6O3. The summed E-state index contributed by atoms with van der Waals surface area (Å²) >= 11 is 0. The van der Waals surface area contributed by atoms with Crippen LogP contribution >= 0.6 is 0 Å². The van der Waals surface area contributed by atoms with Crippen molar-refractivity contribution < 1.29 is 14.3 Å². The van der Waals surface area contributed by atoms with Gasteiger partial charge in [0.25, 0.3) is 0 Å². The normalized spacial score (nSPS) is 20.7. The molecule has 4 aliphatic rings. The van der Waals surface area contributed by atoms with Crippen LogP contribution in [0.15, 0.2) is 31.0 Å². The second-order valence-corrected chi connectivity index (χ2v) is 10.7. The Bertz CT molecular complexity index is 1490. The van der Waals surface area contributed by atoms with Crippen molar-refractivity contribution in [2.45, 2.75) is 25.4 Å². The zero-order valence-electron chi connectivity index (χ0n) is 20.1. The maximum absolute atomic E-state index is 12.0. The van der Waals surface area contributed by atoms with Gasteiger partial charge in [-0.15, -0.1) is 0 Å². The number of H-pyrrole nitrogens is 1. The summed E-state index contributed by atoms with van der Waals surface area (Å²) in [5.41, 5.74) is 4.74. The van der Waals surface area contributed by atoms with Gasteiger partial charge in [-0.1, -0.05) is 12.6 Å². The number of carbonyl (C=O) groups is 1. The van der Waals surface area contributed by atoms with Crippen LogP contribution in [0, 0.1) is 23.7 Å². The molecule has 9 heteroatoms. The van der Waals surface area contributed by atoms with Gasteiger partial charge in [-0.25, -0.2) is 4.98 Å². The van der Waals surface area contributed by atoms with E-state index in [-0.39, 0.29) is 11.3 Å². The molecule has 9 nitrogen and oxygen atoms in total. The van der Waals surface area contributed by atoms with Crippen LogP contribution in [0.4, 0.5) is 5.82 Å². The molecular weight excluding hydrogens is 456 g/mol. The lowest BCUT2D eigenvalue weighted by atomic mass is 9.79. The quantitative estimate of drug-likeness (QED) is 0.572. The van der Waals surface area contributed by atoms with E-state index in [9.17, 15) is 10.1 Å². The van der Waals surface area contributed by atoms with E-state index in [0.29, 0.717) is 49.9 Å². The molecule has 7 rings (SSSR count). The van der Waals surface area contributed by atoms with Gasteiger partial charge in [0.15, 0.2) is 11.4 Å². The number of pyridine rings is 1. The van der Waals surface area contributed by atoms with Crippen LogP contribution in [0.25, 0.3) is 22.0 Å². The number of aryl methyl sites for hydroxylation is 1. The molecule has 36 heavy (non-hydrogen) atoms. The first-order chi connectivity index (χ1) is 17.4. The topological polar surface area (TPSA) is 107 Å². The summed E-state index contributed by atoms with van der Waals surface area (Å²) in [6.07, 6.45) is 4.81. The van der Waals surface area contributed by atoms with E-state index in [4.69, 9.17) is 14.5 Å². The highest BCUT2D eigenvalue weighted by molar-refractivity contribution is 6.00. The number of aromatic amines is 1. The SMILES string of the molecule is C=CC(=O)N1CC2(CCN(c3nc4c(c(-c5c(C)ccc6[nH]ncc56)c3C#N)OC3(COC3)C4)C2)C1. The highest BCUT2D eigenvalue weighted by Crippen LogP contribution is 2.51. The number of anilines is 1. The maximum Gasteiger partial charge on any atom is 0.245 e. The van der Waals surface area contributed by atoms with Crippen molar-refractivity contribution >= 4 is 22.6 Å². The Balaban J connectivity index is 1.36. The fourth-order valence-electron chi connectivity index (χ4n) is 6.34. The Morgan fingerprint density at radius 3 is 2.83 bits per heavy atom. The number of nitrogens with one attached hydrogen (secondary N) is 1. The Morgan fingerprint density at radius 1 is 1.28 bits per heavy atom. The lowest BCUT2D eigenvalue weighted by molar-refractivity contribution is -0.149. The van der Waals surface area contributed by atoms with Crippen LogP contribution in [-0.4, -0.2) is 71.0 Å². The molecule has 0 unspecified atom stereocenters.